The van der Waals surface area contributed by atoms with Gasteiger partial charge >= 0.3 is 34.2 Å². The minimum absolute atomic E-state index is 0.105. The molecule has 2 unspecified atom stereocenters. The molecule has 0 saturated carbocycles. The van der Waals surface area contributed by atoms with Crippen molar-refractivity contribution in [1.29, 1.82) is 0 Å². The number of hydrogen-bond donors (Lipinski definition) is 3. The molecule has 0 radical (unpaired) electrons. The van der Waals surface area contributed by atoms with Gasteiger partial charge in [0.25, 0.3) is 5.17 Å². The number of thiocarbonyl (C=S) groups is 2. The van der Waals surface area contributed by atoms with Crippen molar-refractivity contribution in [2.75, 3.05) is 42.8 Å². The number of aliphatic hydroxyl groups is 1. The van der Waals surface area contributed by atoms with Gasteiger partial charge in [0.1, 0.15) is 62.2 Å². The summed E-state index contributed by atoms with van der Waals surface area (Å²) in [6.45, 7) is 42.5. The van der Waals surface area contributed by atoms with Gasteiger partial charge in [-0.05, 0) is 80.9 Å². The number of rotatable bonds is 16. The smallest absolute Gasteiger partial charge is 0.335 e. The number of hydrogen-bond acceptors (Lipinski definition) is 25. The first-order valence-corrected chi connectivity index (χ1v) is 45.1. The third-order valence-electron chi connectivity index (χ3n) is 19.6. The molecule has 8 aromatic heterocycles. The molecule has 0 aliphatic carbocycles. The van der Waals surface area contributed by atoms with E-state index in [0.29, 0.717) is 39.1 Å². The quantitative estimate of drug-likeness (QED) is 0.0598. The molecule has 578 valence electrons. The number of nitrogens with zero attached hydrogens (tertiary/aromatic N) is 16. The van der Waals surface area contributed by atoms with Crippen LogP contribution >= 0.6 is 24.4 Å². The van der Waals surface area contributed by atoms with Crippen LogP contribution in [0, 0.1) is 11.8 Å². The van der Waals surface area contributed by atoms with Crippen LogP contribution in [-0.4, -0.2) is 198 Å². The van der Waals surface area contributed by atoms with E-state index in [0.717, 1.165) is 0 Å². The monoisotopic (exact) mass is 1570 g/mol. The third kappa shape index (κ3) is 17.5. The minimum atomic E-state index is -3.02. The summed E-state index contributed by atoms with van der Waals surface area (Å²) in [5, 5.41) is 18.2. The Balaban J connectivity index is 0.000000193. The summed E-state index contributed by atoms with van der Waals surface area (Å²) in [5.74, 6) is -0.153. The van der Waals surface area contributed by atoms with Crippen molar-refractivity contribution in [2.24, 2.45) is 11.8 Å². The number of aliphatic hydroxyl groups excluding tert-OH is 1. The van der Waals surface area contributed by atoms with Crippen LogP contribution in [0.4, 0.5) is 17.3 Å². The number of aromatic nitrogens is 15. The topological polar surface area (TPSA) is 318 Å². The fourth-order valence-corrected chi connectivity index (χ4v) is 36.5. The van der Waals surface area contributed by atoms with E-state index in [1.807, 2.05) is 58.8 Å². The Bertz CT molecular complexity index is 4100. The molecule has 0 aromatic carbocycles. The maximum Gasteiger partial charge on any atom is 0.335 e. The molecule has 0 bridgehead atoms. The predicted octanol–water partition coefficient (Wildman–Crippen LogP) is 12.2. The molecule has 0 spiro atoms. The average molecular weight is 1570 g/mol. The highest BCUT2D eigenvalue weighted by atomic mass is 32.1. The summed E-state index contributed by atoms with van der Waals surface area (Å²) in [4.78, 5) is 69.3. The second kappa shape index (κ2) is 35.2. The Hall–Kier alpha value is -6.89. The zero-order valence-corrected chi connectivity index (χ0v) is 70.7. The van der Waals surface area contributed by atoms with E-state index in [-0.39, 0.29) is 86.4 Å². The van der Waals surface area contributed by atoms with Gasteiger partial charge in [-0.15, -0.1) is 0 Å². The van der Waals surface area contributed by atoms with Crippen LogP contribution in [0.25, 0.3) is 22.3 Å². The summed E-state index contributed by atoms with van der Waals surface area (Å²) in [6.07, 6.45) is 19.2. The van der Waals surface area contributed by atoms with Crippen LogP contribution in [0.3, 0.4) is 0 Å². The normalized spacial score (nSPS) is 22.5. The van der Waals surface area contributed by atoms with E-state index in [2.05, 4.69) is 171 Å². The molecule has 4 aliphatic rings. The summed E-state index contributed by atoms with van der Waals surface area (Å²) in [5.41, 5.74) is 4.20. The maximum absolute atomic E-state index is 12.6. The van der Waals surface area contributed by atoms with Gasteiger partial charge in [0.05, 0.1) is 25.9 Å². The molecule has 30 nitrogen and oxygen atoms in total. The lowest BCUT2D eigenvalue weighted by molar-refractivity contribution is -0.119. The number of fused-ring (bicyclic) bond motifs is 4. The molecule has 3 N–H and O–H groups in total. The maximum atomic E-state index is 12.6. The van der Waals surface area contributed by atoms with Crippen LogP contribution in [-0.2, 0) is 49.7 Å². The average Bonchev–Trinajstić information content (AvgIpc) is 1.46. The Morgan fingerprint density at radius 2 is 0.896 bits per heavy atom. The molecular weight excluding hydrogens is 1460 g/mol. The summed E-state index contributed by atoms with van der Waals surface area (Å²) >= 11 is 10.9. The van der Waals surface area contributed by atoms with Crippen molar-refractivity contribution < 1.29 is 54.8 Å². The molecule has 2 amide bonds. The van der Waals surface area contributed by atoms with Crippen molar-refractivity contribution in [3.05, 3.63) is 106 Å². The van der Waals surface area contributed by atoms with Gasteiger partial charge in [-0.2, -0.15) is 0 Å². The van der Waals surface area contributed by atoms with Crippen LogP contribution in [0.5, 0.6) is 0 Å². The fourth-order valence-electron chi connectivity index (χ4n) is 13.7. The SMILES string of the molecule is CC(C)C(=O)Nc1ncnc2c1ncn2[C@@H]1O[C@@H]2CO[Si](C(C)C)(C(C)C)O[Si](C(C)C)(C(C)C)O[C@@H]2C1O.CC(C)C(=O)Nc1ncnc2c1ncn2[C@@H]1O[C@@H]2CO[Si](C(C)C)(C(C)C)O[Si](C(C)C)(C(C)C)O[C@@H]2C1OC(=S)n1ccnc1.CN(C)c1ccncc1.S=C(n1ccnc1)n1ccnc1. The first-order chi connectivity index (χ1) is 50.1. The van der Waals surface area contributed by atoms with Gasteiger partial charge in [0.15, 0.2) is 57.6 Å². The van der Waals surface area contributed by atoms with E-state index in [1.165, 1.54) is 18.3 Å². The van der Waals surface area contributed by atoms with Crippen LogP contribution in [0.1, 0.15) is 151 Å². The summed E-state index contributed by atoms with van der Waals surface area (Å²) in [6, 6.07) is 3.94. The number of carbonyl (C=O) groups is 2. The molecule has 36 heteroatoms. The van der Waals surface area contributed by atoms with E-state index in [9.17, 15) is 14.7 Å². The highest BCUT2D eigenvalue weighted by Gasteiger charge is 2.64. The summed E-state index contributed by atoms with van der Waals surface area (Å²) < 4.78 is 71.3. The Morgan fingerprint density at radius 3 is 1.27 bits per heavy atom. The lowest BCUT2D eigenvalue weighted by Crippen LogP contribution is -2.66. The fraction of sp³-hybridized carbons (Fsp3) is 0.600. The van der Waals surface area contributed by atoms with Gasteiger partial charge < -0.3 is 60.8 Å². The van der Waals surface area contributed by atoms with E-state index in [1.54, 1.807) is 104 Å². The molecule has 106 heavy (non-hydrogen) atoms. The zero-order valence-electron chi connectivity index (χ0n) is 65.0. The van der Waals surface area contributed by atoms with E-state index < -0.39 is 83.3 Å². The molecule has 8 aromatic rings. The highest BCUT2D eigenvalue weighted by molar-refractivity contribution is 7.80. The van der Waals surface area contributed by atoms with E-state index >= 15 is 0 Å². The lowest BCUT2D eigenvalue weighted by atomic mass is 10.1. The van der Waals surface area contributed by atoms with Gasteiger partial charge in [0.2, 0.25) is 11.8 Å². The highest BCUT2D eigenvalue weighted by Crippen LogP contribution is 2.51. The number of imidazole rings is 5. The van der Waals surface area contributed by atoms with Gasteiger partial charge in [-0.3, -0.25) is 37.4 Å². The lowest BCUT2D eigenvalue weighted by Gasteiger charge is -2.51. The molecule has 4 fully saturated rings. The second-order valence-corrected chi connectivity index (χ2v) is 48.7. The number of pyridine rings is 1. The van der Waals surface area contributed by atoms with Gasteiger partial charge in [-0.25, -0.2) is 44.9 Å². The van der Waals surface area contributed by atoms with Crippen molar-refractivity contribution in [1.82, 2.24) is 72.7 Å². The largest absolute Gasteiger partial charge is 0.459 e. The Kier molecular flexibility index (Phi) is 27.6. The van der Waals surface area contributed by atoms with Gasteiger partial charge in [-0.1, -0.05) is 138 Å². The summed E-state index contributed by atoms with van der Waals surface area (Å²) in [7, 11) is -7.45. The molecule has 8 atom stereocenters. The number of amides is 2. The number of nitrogens with one attached hydrogen (secondary N) is 2. The van der Waals surface area contributed by atoms with Crippen molar-refractivity contribution in [3.63, 3.8) is 0 Å². The number of ether oxygens (including phenoxy) is 3. The molecular formula is C70H108N18O12S2Si4. The standard InChI is InChI=1S/C30H47N7O6SSi2.C26H45N5O6Si2.C7H6N4S.C7H10N2/c1-17(2)28(38)35-26-23-27(33-14-32-26)37(16-34-23)29-25(41-30(44)36-12-11-31-15-36)24-22(40-29)13-39-45(18(3)4,19(5)6)43-46(42-24,20(7)8)21(9)10;1-14(2)25(33)30-23-20-24(28-12-27-23)31(13-29-20)26-21(32)22-19(35-26)11-34-38(15(3)4,16(5)6)37-39(36-22,17(7)8)18(9)10;12-7(10-3-1-8-5-10)11-4-2-9-6-11;1-9(2)7-3-5-8-6-4-7/h11-12,14-22,24-25,29H,13H2,1-10H3,(H,32,33,35,38);12-19,21-22,26,32H,11H2,1-10H3,(H,27,28,30,33);1-6H;3-6H,1-2H3/t22-,24+,25?,29-;19-,21?,22+,26-;;/m11../s1. The molecule has 4 aliphatic heterocycles. The van der Waals surface area contributed by atoms with Crippen molar-refractivity contribution in [2.45, 2.75) is 232 Å². The van der Waals surface area contributed by atoms with Crippen LogP contribution < -0.4 is 15.5 Å². The van der Waals surface area contributed by atoms with E-state index in [4.69, 9.17) is 64.6 Å². The third-order valence-corrected chi connectivity index (χ3v) is 40.9. The second-order valence-electron chi connectivity index (χ2n) is 30.3. The first kappa shape index (κ1) is 83.2. The minimum Gasteiger partial charge on any atom is -0.459 e. The van der Waals surface area contributed by atoms with Crippen LogP contribution in [0.2, 0.25) is 44.3 Å². The van der Waals surface area contributed by atoms with Crippen molar-refractivity contribution >= 4 is 120 Å². The first-order valence-electron chi connectivity index (χ1n) is 36.4. The zero-order chi connectivity index (χ0) is 77.5. The predicted molar refractivity (Wildman–Crippen MR) is 421 cm³/mol. The molecule has 12 rings (SSSR count). The van der Waals surface area contributed by atoms with Gasteiger partial charge in [0, 0.05) is 81.2 Å². The van der Waals surface area contributed by atoms with Crippen LogP contribution in [0.15, 0.2) is 106 Å². The molecule has 12 heterocycles. The van der Waals surface area contributed by atoms with Crippen molar-refractivity contribution in [3.8, 4) is 0 Å². The number of carbonyl (C=O) groups excluding carboxylic acids is 2. The molecule has 4 saturated heterocycles. The Morgan fingerprint density at radius 1 is 0.509 bits per heavy atom. The number of anilines is 3. The Labute approximate surface area is 636 Å².